The second-order valence-corrected chi connectivity index (χ2v) is 6.59. The number of para-hydroxylation sites is 3. The molecule has 3 heterocycles. The summed E-state index contributed by atoms with van der Waals surface area (Å²) in [5.74, 6) is 0.0807. The Hall–Kier alpha value is -3.68. The Morgan fingerprint density at radius 2 is 2.00 bits per heavy atom. The molecule has 27 heavy (non-hydrogen) atoms. The third kappa shape index (κ3) is 2.62. The fourth-order valence-electron chi connectivity index (χ4n) is 3.49. The van der Waals surface area contributed by atoms with Crippen LogP contribution in [0.3, 0.4) is 0 Å². The van der Waals surface area contributed by atoms with E-state index in [0.717, 1.165) is 21.9 Å². The predicted octanol–water partition coefficient (Wildman–Crippen LogP) is 2.51. The van der Waals surface area contributed by atoms with Gasteiger partial charge in [-0.05, 0) is 24.3 Å². The summed E-state index contributed by atoms with van der Waals surface area (Å²) >= 11 is 0. The molecule has 5 rings (SSSR count). The first-order valence-electron chi connectivity index (χ1n) is 8.68. The summed E-state index contributed by atoms with van der Waals surface area (Å²) < 4.78 is 1.94. The summed E-state index contributed by atoms with van der Waals surface area (Å²) in [5.41, 5.74) is 2.61. The van der Waals surface area contributed by atoms with Crippen LogP contribution in [0.1, 0.15) is 6.42 Å². The van der Waals surface area contributed by atoms with Crippen LogP contribution in [0.15, 0.2) is 48.5 Å². The number of hydrogen-bond acceptors (Lipinski definition) is 4. The van der Waals surface area contributed by atoms with Crippen molar-refractivity contribution < 1.29 is 9.59 Å². The first-order chi connectivity index (χ1) is 13.2. The highest BCUT2D eigenvalue weighted by atomic mass is 16.2. The van der Waals surface area contributed by atoms with Crippen LogP contribution in [0.2, 0.25) is 0 Å². The molecule has 0 fully saturated rings. The van der Waals surface area contributed by atoms with Gasteiger partial charge in [-0.2, -0.15) is 5.10 Å². The maximum absolute atomic E-state index is 12.5. The summed E-state index contributed by atoms with van der Waals surface area (Å²) in [6, 6.07) is 15.2. The number of benzene rings is 2. The highest BCUT2D eigenvalue weighted by molar-refractivity contribution is 6.02. The molecule has 1 unspecified atom stereocenters. The minimum Gasteiger partial charge on any atom is -0.309 e. The third-order valence-electron chi connectivity index (χ3n) is 4.82. The van der Waals surface area contributed by atoms with Gasteiger partial charge in [0.15, 0.2) is 5.82 Å². The largest absolute Gasteiger partial charge is 0.309 e. The number of imidazole rings is 1. The van der Waals surface area contributed by atoms with Gasteiger partial charge in [0.05, 0.1) is 22.5 Å². The Labute approximate surface area is 153 Å². The summed E-state index contributed by atoms with van der Waals surface area (Å²) in [7, 11) is 0. The number of nitrogens with zero attached hydrogens (tertiary/aromatic N) is 3. The first-order valence-corrected chi connectivity index (χ1v) is 8.68. The van der Waals surface area contributed by atoms with Crippen LogP contribution in [0.25, 0.3) is 21.9 Å². The van der Waals surface area contributed by atoms with Crippen molar-refractivity contribution in [3.63, 3.8) is 0 Å². The molecule has 1 atom stereocenters. The van der Waals surface area contributed by atoms with Crippen LogP contribution in [0.4, 0.5) is 11.8 Å². The number of fused-ring (bicyclic) bond motifs is 4. The molecule has 2 aromatic carbocycles. The Morgan fingerprint density at radius 3 is 2.93 bits per heavy atom. The number of aromatic nitrogens is 4. The summed E-state index contributed by atoms with van der Waals surface area (Å²) in [6.07, 6.45) is 0.0684. The number of hydrogen-bond donors (Lipinski definition) is 3. The second-order valence-electron chi connectivity index (χ2n) is 6.59. The topological polar surface area (TPSA) is 105 Å². The van der Waals surface area contributed by atoms with Crippen LogP contribution in [0.5, 0.6) is 0 Å². The average Bonchev–Trinajstić information content (AvgIpc) is 3.23. The fraction of sp³-hybridized carbons (Fsp3) is 0.158. The third-order valence-corrected chi connectivity index (χ3v) is 4.82. The van der Waals surface area contributed by atoms with Crippen molar-refractivity contribution >= 4 is 45.5 Å². The van der Waals surface area contributed by atoms with Crippen molar-refractivity contribution in [2.75, 3.05) is 10.6 Å². The van der Waals surface area contributed by atoms with E-state index >= 15 is 0 Å². The molecule has 8 nitrogen and oxygen atoms in total. The molecule has 0 saturated heterocycles. The summed E-state index contributed by atoms with van der Waals surface area (Å²) in [6.45, 7) is 0.413. The van der Waals surface area contributed by atoms with Gasteiger partial charge in [-0.25, -0.2) is 4.98 Å². The molecule has 0 spiro atoms. The van der Waals surface area contributed by atoms with E-state index in [-0.39, 0.29) is 18.2 Å². The van der Waals surface area contributed by atoms with Crippen LogP contribution in [-0.4, -0.2) is 31.6 Å². The number of rotatable bonds is 3. The normalized spacial score (nSPS) is 16.3. The quantitative estimate of drug-likeness (QED) is 0.522. The van der Waals surface area contributed by atoms with Gasteiger partial charge in [0, 0.05) is 18.4 Å². The Bertz CT molecular complexity index is 1190. The first kappa shape index (κ1) is 15.6. The average molecular weight is 360 g/mol. The lowest BCUT2D eigenvalue weighted by Crippen LogP contribution is -2.35. The number of carbonyl (C=O) groups is 2. The summed E-state index contributed by atoms with van der Waals surface area (Å²) in [4.78, 5) is 29.4. The van der Waals surface area contributed by atoms with E-state index in [9.17, 15) is 9.59 Å². The molecule has 1 aliphatic heterocycles. The maximum atomic E-state index is 12.5. The van der Waals surface area contributed by atoms with E-state index in [4.69, 9.17) is 0 Å². The van der Waals surface area contributed by atoms with Crippen LogP contribution >= 0.6 is 0 Å². The highest BCUT2D eigenvalue weighted by Crippen LogP contribution is 2.27. The zero-order chi connectivity index (χ0) is 18.4. The zero-order valence-corrected chi connectivity index (χ0v) is 14.3. The standard InChI is InChI=1S/C19H16N6O2/c26-16(21-17-12-5-1-2-6-13(12)23-24-17)9-11-10-25-15-8-4-3-7-14(15)20-19(25)22-18(11)27/h1-8,11H,9-10H2,(H,20,22,27)(H2,21,23,24,26). The van der Waals surface area contributed by atoms with E-state index < -0.39 is 5.92 Å². The van der Waals surface area contributed by atoms with Crippen LogP contribution < -0.4 is 10.6 Å². The maximum Gasteiger partial charge on any atom is 0.232 e. The van der Waals surface area contributed by atoms with Crippen molar-refractivity contribution in [2.45, 2.75) is 13.0 Å². The predicted molar refractivity (Wildman–Crippen MR) is 101 cm³/mol. The molecule has 4 aromatic rings. The van der Waals surface area contributed by atoms with Gasteiger partial charge >= 0.3 is 0 Å². The molecule has 134 valence electrons. The lowest BCUT2D eigenvalue weighted by Gasteiger charge is -2.23. The smallest absolute Gasteiger partial charge is 0.232 e. The van der Waals surface area contributed by atoms with Crippen molar-refractivity contribution in [2.24, 2.45) is 5.92 Å². The number of carbonyl (C=O) groups excluding carboxylic acids is 2. The van der Waals surface area contributed by atoms with Crippen molar-refractivity contribution in [1.29, 1.82) is 0 Å². The number of anilines is 2. The van der Waals surface area contributed by atoms with Crippen LogP contribution in [-0.2, 0) is 16.1 Å². The molecule has 0 bridgehead atoms. The van der Waals surface area contributed by atoms with E-state index in [2.05, 4.69) is 25.8 Å². The van der Waals surface area contributed by atoms with Gasteiger partial charge in [-0.1, -0.05) is 24.3 Å². The molecule has 3 N–H and O–H groups in total. The summed E-state index contributed by atoms with van der Waals surface area (Å²) in [5, 5.41) is 13.5. The SMILES string of the molecule is O=C(CC1Cn2c(nc3ccccc32)NC1=O)Nc1n[nH]c2ccccc12. The van der Waals surface area contributed by atoms with E-state index in [1.54, 1.807) is 0 Å². The van der Waals surface area contributed by atoms with E-state index in [1.165, 1.54) is 0 Å². The van der Waals surface area contributed by atoms with Gasteiger partial charge in [0.1, 0.15) is 0 Å². The molecule has 0 saturated carbocycles. The Balaban J connectivity index is 1.36. The van der Waals surface area contributed by atoms with Gasteiger partial charge in [-0.3, -0.25) is 20.0 Å². The molecule has 1 aliphatic rings. The number of H-pyrrole nitrogens is 1. The molecule has 8 heteroatoms. The molecule has 0 radical (unpaired) electrons. The highest BCUT2D eigenvalue weighted by Gasteiger charge is 2.30. The fourth-order valence-corrected chi connectivity index (χ4v) is 3.49. The minimum absolute atomic E-state index is 0.0684. The molecule has 2 aromatic heterocycles. The van der Waals surface area contributed by atoms with Crippen molar-refractivity contribution in [3.8, 4) is 0 Å². The van der Waals surface area contributed by atoms with E-state index in [0.29, 0.717) is 18.3 Å². The second kappa shape index (κ2) is 5.94. The van der Waals surface area contributed by atoms with Crippen molar-refractivity contribution in [3.05, 3.63) is 48.5 Å². The van der Waals surface area contributed by atoms with Gasteiger partial charge in [-0.15, -0.1) is 0 Å². The number of amides is 2. The van der Waals surface area contributed by atoms with Crippen LogP contribution in [0, 0.1) is 5.92 Å². The monoisotopic (exact) mass is 360 g/mol. The zero-order valence-electron chi connectivity index (χ0n) is 14.3. The lowest BCUT2D eigenvalue weighted by atomic mass is 10.0. The number of nitrogens with one attached hydrogen (secondary N) is 3. The van der Waals surface area contributed by atoms with E-state index in [1.807, 2.05) is 53.1 Å². The molecule has 2 amide bonds. The number of aromatic amines is 1. The van der Waals surface area contributed by atoms with Gasteiger partial charge < -0.3 is 9.88 Å². The van der Waals surface area contributed by atoms with Gasteiger partial charge in [0.2, 0.25) is 17.8 Å². The molecular formula is C19H16N6O2. The van der Waals surface area contributed by atoms with Gasteiger partial charge in [0.25, 0.3) is 0 Å². The Morgan fingerprint density at radius 1 is 1.19 bits per heavy atom. The van der Waals surface area contributed by atoms with Crippen molar-refractivity contribution in [1.82, 2.24) is 19.7 Å². The minimum atomic E-state index is -0.472. The molecule has 0 aliphatic carbocycles. The lowest BCUT2D eigenvalue weighted by molar-refractivity contribution is -0.125. The molecular weight excluding hydrogens is 344 g/mol. The Kier molecular flexibility index (Phi) is 3.43.